The quantitative estimate of drug-likeness (QED) is 0.594. The van der Waals surface area contributed by atoms with E-state index in [-0.39, 0.29) is 0 Å². The molecule has 0 saturated carbocycles. The molecule has 12 heavy (non-hydrogen) atoms. The highest BCUT2D eigenvalue weighted by Gasteiger charge is 2.18. The van der Waals surface area contributed by atoms with E-state index in [9.17, 15) is 0 Å². The third-order valence-electron chi connectivity index (χ3n) is 2.58. The monoisotopic (exact) mass is 181 g/mol. The first-order valence-electron chi connectivity index (χ1n) is 4.52. The number of fused-ring (bicyclic) bond motifs is 1. The van der Waals surface area contributed by atoms with E-state index in [0.717, 1.165) is 5.92 Å². The Hall–Kier alpha value is -0.340. The van der Waals surface area contributed by atoms with Gasteiger partial charge >= 0.3 is 0 Å². The van der Waals surface area contributed by atoms with E-state index in [2.05, 4.69) is 30.3 Å². The van der Waals surface area contributed by atoms with Gasteiger partial charge in [-0.05, 0) is 30.5 Å². The van der Waals surface area contributed by atoms with Crippen molar-refractivity contribution in [3.8, 4) is 0 Å². The van der Waals surface area contributed by atoms with Crippen molar-refractivity contribution in [3.05, 3.63) is 21.9 Å². The van der Waals surface area contributed by atoms with Gasteiger partial charge in [-0.3, -0.25) is 0 Å². The summed E-state index contributed by atoms with van der Waals surface area (Å²) in [5.41, 5.74) is 1.58. The number of rotatable bonds is 0. The van der Waals surface area contributed by atoms with Crippen LogP contribution in [0.5, 0.6) is 0 Å². The number of hydrogen-bond donors (Lipinski definition) is 0. The molecule has 2 heterocycles. The molecule has 1 atom stereocenters. The number of nitrogens with zero attached hydrogens (tertiary/aromatic N) is 1. The highest BCUT2D eigenvalue weighted by Crippen LogP contribution is 2.29. The van der Waals surface area contributed by atoms with E-state index >= 15 is 0 Å². The average molecular weight is 181 g/mol. The summed E-state index contributed by atoms with van der Waals surface area (Å²) in [6.07, 6.45) is 1.24. The molecular formula is C10H15NS. The minimum atomic E-state index is 0.729. The zero-order valence-corrected chi connectivity index (χ0v) is 8.53. The standard InChI is InChI=1S/C10H15NS/c1-8-7-11(2)5-3-9-4-6-12-10(8)9/h4,6,8H,3,5,7H2,1-2H3. The maximum absolute atomic E-state index is 2.43. The molecule has 1 unspecified atom stereocenters. The van der Waals surface area contributed by atoms with Crippen LogP contribution in [-0.4, -0.2) is 25.0 Å². The topological polar surface area (TPSA) is 3.24 Å². The molecule has 1 aromatic heterocycles. The van der Waals surface area contributed by atoms with Gasteiger partial charge in [-0.25, -0.2) is 0 Å². The predicted molar refractivity (Wildman–Crippen MR) is 53.9 cm³/mol. The van der Waals surface area contributed by atoms with Crippen LogP contribution >= 0.6 is 11.3 Å². The van der Waals surface area contributed by atoms with E-state index in [0.29, 0.717) is 0 Å². The molecule has 0 aromatic carbocycles. The minimum Gasteiger partial charge on any atom is -0.305 e. The molecule has 0 spiro atoms. The Balaban J connectivity index is 2.29. The lowest BCUT2D eigenvalue weighted by molar-refractivity contribution is 0.332. The van der Waals surface area contributed by atoms with Crippen LogP contribution in [0.15, 0.2) is 11.4 Å². The van der Waals surface area contributed by atoms with Crippen molar-refractivity contribution in [2.24, 2.45) is 0 Å². The fraction of sp³-hybridized carbons (Fsp3) is 0.600. The van der Waals surface area contributed by atoms with Gasteiger partial charge in [0.05, 0.1) is 0 Å². The second-order valence-corrected chi connectivity index (χ2v) is 4.67. The summed E-state index contributed by atoms with van der Waals surface area (Å²) in [5.74, 6) is 0.729. The van der Waals surface area contributed by atoms with Crippen molar-refractivity contribution in [2.45, 2.75) is 19.3 Å². The van der Waals surface area contributed by atoms with Crippen LogP contribution in [0.1, 0.15) is 23.3 Å². The molecule has 0 bridgehead atoms. The lowest BCUT2D eigenvalue weighted by Gasteiger charge is -2.15. The van der Waals surface area contributed by atoms with Crippen LogP contribution in [0.2, 0.25) is 0 Å². The van der Waals surface area contributed by atoms with E-state index in [1.807, 2.05) is 11.3 Å². The molecule has 1 nitrogen and oxygen atoms in total. The van der Waals surface area contributed by atoms with Gasteiger partial charge in [0.1, 0.15) is 0 Å². The van der Waals surface area contributed by atoms with Gasteiger partial charge in [0.2, 0.25) is 0 Å². The predicted octanol–water partition coefficient (Wildman–Crippen LogP) is 2.34. The van der Waals surface area contributed by atoms with Gasteiger partial charge in [0.25, 0.3) is 0 Å². The first-order valence-corrected chi connectivity index (χ1v) is 5.40. The molecule has 0 fully saturated rings. The minimum absolute atomic E-state index is 0.729. The van der Waals surface area contributed by atoms with Crippen molar-refractivity contribution in [1.29, 1.82) is 0 Å². The Morgan fingerprint density at radius 3 is 3.25 bits per heavy atom. The SMILES string of the molecule is CC1CN(C)CCc2ccsc21. The fourth-order valence-electron chi connectivity index (χ4n) is 1.94. The smallest absolute Gasteiger partial charge is 0.0119 e. The molecule has 0 amide bonds. The number of thiophene rings is 1. The molecule has 1 aliphatic rings. The van der Waals surface area contributed by atoms with Crippen LogP contribution in [0, 0.1) is 0 Å². The Morgan fingerprint density at radius 1 is 1.58 bits per heavy atom. The van der Waals surface area contributed by atoms with Gasteiger partial charge in [0.15, 0.2) is 0 Å². The van der Waals surface area contributed by atoms with Gasteiger partial charge in [-0.1, -0.05) is 6.92 Å². The van der Waals surface area contributed by atoms with Gasteiger partial charge in [-0.2, -0.15) is 0 Å². The Morgan fingerprint density at radius 2 is 2.42 bits per heavy atom. The van der Waals surface area contributed by atoms with Crippen LogP contribution < -0.4 is 0 Å². The first kappa shape index (κ1) is 8.27. The zero-order valence-electron chi connectivity index (χ0n) is 7.71. The number of hydrogen-bond acceptors (Lipinski definition) is 2. The van der Waals surface area contributed by atoms with Crippen molar-refractivity contribution in [1.82, 2.24) is 4.90 Å². The summed E-state index contributed by atoms with van der Waals surface area (Å²) in [5, 5.41) is 2.23. The highest BCUT2D eigenvalue weighted by atomic mass is 32.1. The normalized spacial score (nSPS) is 25.0. The van der Waals surface area contributed by atoms with Crippen molar-refractivity contribution in [3.63, 3.8) is 0 Å². The lowest BCUT2D eigenvalue weighted by atomic mass is 10.1. The summed E-state index contributed by atoms with van der Waals surface area (Å²) >= 11 is 1.92. The third-order valence-corrected chi connectivity index (χ3v) is 3.77. The van der Waals surface area contributed by atoms with Gasteiger partial charge < -0.3 is 4.90 Å². The highest BCUT2D eigenvalue weighted by molar-refractivity contribution is 7.10. The van der Waals surface area contributed by atoms with Crippen LogP contribution in [-0.2, 0) is 6.42 Å². The van der Waals surface area contributed by atoms with Crippen molar-refractivity contribution < 1.29 is 0 Å². The second-order valence-electron chi connectivity index (χ2n) is 3.72. The Labute approximate surface area is 78.0 Å². The summed E-state index contributed by atoms with van der Waals surface area (Å²) in [7, 11) is 2.22. The molecule has 0 saturated heterocycles. The van der Waals surface area contributed by atoms with Gasteiger partial charge in [0, 0.05) is 23.9 Å². The third kappa shape index (κ3) is 1.41. The molecule has 66 valence electrons. The molecule has 0 radical (unpaired) electrons. The second kappa shape index (κ2) is 3.19. The van der Waals surface area contributed by atoms with Crippen molar-refractivity contribution in [2.75, 3.05) is 20.1 Å². The molecule has 2 rings (SSSR count). The van der Waals surface area contributed by atoms with E-state index in [4.69, 9.17) is 0 Å². The van der Waals surface area contributed by atoms with E-state index in [1.54, 1.807) is 10.4 Å². The molecule has 0 N–H and O–H groups in total. The van der Waals surface area contributed by atoms with Crippen LogP contribution in [0.4, 0.5) is 0 Å². The average Bonchev–Trinajstić information content (AvgIpc) is 2.43. The molecule has 1 aliphatic heterocycles. The van der Waals surface area contributed by atoms with Crippen LogP contribution in [0.25, 0.3) is 0 Å². The maximum atomic E-state index is 2.43. The largest absolute Gasteiger partial charge is 0.305 e. The first-order chi connectivity index (χ1) is 5.77. The fourth-order valence-corrected chi connectivity index (χ4v) is 2.95. The Kier molecular flexibility index (Phi) is 2.20. The van der Waals surface area contributed by atoms with E-state index < -0.39 is 0 Å². The maximum Gasteiger partial charge on any atom is 0.0119 e. The van der Waals surface area contributed by atoms with Gasteiger partial charge in [-0.15, -0.1) is 11.3 Å². The lowest BCUT2D eigenvalue weighted by Crippen LogP contribution is -2.22. The van der Waals surface area contributed by atoms with Crippen LogP contribution in [0.3, 0.4) is 0 Å². The molecule has 1 aromatic rings. The molecule has 2 heteroatoms. The van der Waals surface area contributed by atoms with E-state index in [1.165, 1.54) is 19.5 Å². The van der Waals surface area contributed by atoms with Crippen molar-refractivity contribution >= 4 is 11.3 Å². The number of likely N-dealkylation sites (N-methyl/N-ethyl adjacent to an activating group) is 1. The summed E-state index contributed by atoms with van der Waals surface area (Å²) in [6.45, 7) is 4.76. The zero-order chi connectivity index (χ0) is 8.55. The summed E-state index contributed by atoms with van der Waals surface area (Å²) in [6, 6.07) is 2.29. The molecule has 0 aliphatic carbocycles. The molecular weight excluding hydrogens is 166 g/mol. The summed E-state index contributed by atoms with van der Waals surface area (Å²) < 4.78 is 0. The summed E-state index contributed by atoms with van der Waals surface area (Å²) in [4.78, 5) is 4.04. The Bertz CT molecular complexity index is 267.